The van der Waals surface area contributed by atoms with Crippen LogP contribution in [0.15, 0.2) is 11.6 Å². The molecule has 1 aliphatic rings. The van der Waals surface area contributed by atoms with Crippen LogP contribution in [0.25, 0.3) is 0 Å². The van der Waals surface area contributed by atoms with E-state index in [1.165, 1.54) is 19.3 Å². The number of carboxylic acid groups (broad SMARTS) is 1. The number of nitriles is 1. The summed E-state index contributed by atoms with van der Waals surface area (Å²) in [7, 11) is 0. The maximum atomic E-state index is 10.7. The van der Waals surface area contributed by atoms with Gasteiger partial charge in [0.25, 0.3) is 0 Å². The fourth-order valence-electron chi connectivity index (χ4n) is 2.22. The number of carbonyl (C=O) groups is 1. The van der Waals surface area contributed by atoms with Crippen LogP contribution in [-0.2, 0) is 4.79 Å². The van der Waals surface area contributed by atoms with E-state index in [4.69, 9.17) is 10.4 Å². The molecule has 82 valence electrons. The Morgan fingerprint density at radius 2 is 2.07 bits per heavy atom. The Morgan fingerprint density at radius 3 is 2.53 bits per heavy atom. The Morgan fingerprint density at radius 1 is 1.47 bits per heavy atom. The normalized spacial score (nSPS) is 20.7. The SMILES string of the molecule is CC(/C=C(\C#N)C(=O)O)C1CCCCC1. The molecule has 0 aromatic carbocycles. The summed E-state index contributed by atoms with van der Waals surface area (Å²) >= 11 is 0. The minimum Gasteiger partial charge on any atom is -0.477 e. The molecule has 0 bridgehead atoms. The molecule has 0 aromatic heterocycles. The van der Waals surface area contributed by atoms with Crippen LogP contribution in [0.5, 0.6) is 0 Å². The lowest BCUT2D eigenvalue weighted by Gasteiger charge is -2.25. The van der Waals surface area contributed by atoms with Gasteiger partial charge in [-0.25, -0.2) is 4.79 Å². The minimum atomic E-state index is -1.11. The summed E-state index contributed by atoms with van der Waals surface area (Å²) in [5.41, 5.74) is -0.118. The van der Waals surface area contributed by atoms with Gasteiger partial charge in [0, 0.05) is 0 Å². The van der Waals surface area contributed by atoms with Crippen LogP contribution in [-0.4, -0.2) is 11.1 Å². The van der Waals surface area contributed by atoms with Crippen molar-refractivity contribution in [2.24, 2.45) is 11.8 Å². The average molecular weight is 207 g/mol. The quantitative estimate of drug-likeness (QED) is 0.571. The lowest BCUT2D eigenvalue weighted by molar-refractivity contribution is -0.132. The highest BCUT2D eigenvalue weighted by Crippen LogP contribution is 2.30. The summed E-state index contributed by atoms with van der Waals surface area (Å²) in [6.07, 6.45) is 7.69. The third-order valence-electron chi connectivity index (χ3n) is 3.17. The van der Waals surface area contributed by atoms with E-state index in [-0.39, 0.29) is 11.5 Å². The maximum absolute atomic E-state index is 10.7. The second-order valence-corrected chi connectivity index (χ2v) is 4.25. The van der Waals surface area contributed by atoms with Gasteiger partial charge in [0.05, 0.1) is 0 Å². The second-order valence-electron chi connectivity index (χ2n) is 4.25. The fraction of sp³-hybridized carbons (Fsp3) is 0.667. The van der Waals surface area contributed by atoms with Gasteiger partial charge in [-0.15, -0.1) is 0 Å². The van der Waals surface area contributed by atoms with Crippen molar-refractivity contribution in [3.63, 3.8) is 0 Å². The molecule has 0 saturated heterocycles. The summed E-state index contributed by atoms with van der Waals surface area (Å²) in [4.78, 5) is 10.7. The minimum absolute atomic E-state index is 0.118. The lowest BCUT2D eigenvalue weighted by Crippen LogP contribution is -2.14. The molecular weight excluding hydrogens is 190 g/mol. The average Bonchev–Trinajstić information content (AvgIpc) is 2.26. The van der Waals surface area contributed by atoms with Gasteiger partial charge in [-0.1, -0.05) is 32.3 Å². The number of nitrogens with zero attached hydrogens (tertiary/aromatic N) is 1. The highest BCUT2D eigenvalue weighted by Gasteiger charge is 2.20. The summed E-state index contributed by atoms with van der Waals surface area (Å²) in [5, 5.41) is 17.4. The van der Waals surface area contributed by atoms with Crippen LogP contribution in [0, 0.1) is 23.2 Å². The molecule has 1 N–H and O–H groups in total. The van der Waals surface area contributed by atoms with E-state index in [1.807, 2.05) is 6.92 Å². The van der Waals surface area contributed by atoms with Crippen molar-refractivity contribution in [1.82, 2.24) is 0 Å². The van der Waals surface area contributed by atoms with Crippen LogP contribution < -0.4 is 0 Å². The molecule has 1 aliphatic carbocycles. The van der Waals surface area contributed by atoms with Crippen LogP contribution >= 0.6 is 0 Å². The molecule has 1 atom stereocenters. The molecule has 3 nitrogen and oxygen atoms in total. The molecule has 0 amide bonds. The molecular formula is C12H17NO2. The van der Waals surface area contributed by atoms with Gasteiger partial charge in [-0.3, -0.25) is 0 Å². The summed E-state index contributed by atoms with van der Waals surface area (Å²) in [5.74, 6) is -0.349. The smallest absolute Gasteiger partial charge is 0.346 e. The van der Waals surface area contributed by atoms with Crippen LogP contribution in [0.1, 0.15) is 39.0 Å². The van der Waals surface area contributed by atoms with Gasteiger partial charge < -0.3 is 5.11 Å². The molecule has 1 saturated carbocycles. The molecule has 3 heteroatoms. The zero-order valence-corrected chi connectivity index (χ0v) is 9.07. The number of carboxylic acids is 1. The highest BCUT2D eigenvalue weighted by molar-refractivity contribution is 5.90. The second kappa shape index (κ2) is 5.55. The van der Waals surface area contributed by atoms with Crippen molar-refractivity contribution in [3.05, 3.63) is 11.6 Å². The van der Waals surface area contributed by atoms with Crippen molar-refractivity contribution in [1.29, 1.82) is 5.26 Å². The molecule has 0 heterocycles. The van der Waals surface area contributed by atoms with Crippen molar-refractivity contribution in [2.45, 2.75) is 39.0 Å². The summed E-state index contributed by atoms with van der Waals surface area (Å²) in [6.45, 7) is 2.01. The van der Waals surface area contributed by atoms with E-state index in [0.717, 1.165) is 12.8 Å². The van der Waals surface area contributed by atoms with Gasteiger partial charge in [0.2, 0.25) is 0 Å². The van der Waals surface area contributed by atoms with E-state index in [1.54, 1.807) is 12.1 Å². The van der Waals surface area contributed by atoms with Crippen molar-refractivity contribution in [2.75, 3.05) is 0 Å². The van der Waals surface area contributed by atoms with Gasteiger partial charge in [0.1, 0.15) is 11.6 Å². The summed E-state index contributed by atoms with van der Waals surface area (Å²) < 4.78 is 0. The van der Waals surface area contributed by atoms with E-state index in [9.17, 15) is 4.79 Å². The predicted octanol–water partition coefficient (Wildman–Crippen LogP) is 2.74. The zero-order valence-electron chi connectivity index (χ0n) is 9.07. The largest absolute Gasteiger partial charge is 0.477 e. The Balaban J connectivity index is 2.63. The van der Waals surface area contributed by atoms with Gasteiger partial charge in [-0.05, 0) is 24.7 Å². The first kappa shape index (κ1) is 11.8. The molecule has 0 radical (unpaired) electrons. The molecule has 0 spiro atoms. The number of allylic oxidation sites excluding steroid dienone is 1. The lowest BCUT2D eigenvalue weighted by atomic mass is 9.80. The predicted molar refractivity (Wildman–Crippen MR) is 57.1 cm³/mol. The Kier molecular flexibility index (Phi) is 4.36. The van der Waals surface area contributed by atoms with E-state index in [2.05, 4.69) is 0 Å². The fourth-order valence-corrected chi connectivity index (χ4v) is 2.22. The van der Waals surface area contributed by atoms with Crippen LogP contribution in [0.4, 0.5) is 0 Å². The van der Waals surface area contributed by atoms with E-state index >= 15 is 0 Å². The first-order chi connectivity index (χ1) is 7.15. The maximum Gasteiger partial charge on any atom is 0.346 e. The summed E-state index contributed by atoms with van der Waals surface area (Å²) in [6, 6.07) is 1.73. The molecule has 1 fully saturated rings. The first-order valence-corrected chi connectivity index (χ1v) is 5.50. The molecule has 1 unspecified atom stereocenters. The van der Waals surface area contributed by atoms with E-state index < -0.39 is 5.97 Å². The first-order valence-electron chi connectivity index (χ1n) is 5.50. The third kappa shape index (κ3) is 3.39. The number of rotatable bonds is 3. The van der Waals surface area contributed by atoms with Gasteiger partial charge in [0.15, 0.2) is 0 Å². The Bertz CT molecular complexity index is 295. The number of hydrogen-bond donors (Lipinski definition) is 1. The Labute approximate surface area is 90.4 Å². The highest BCUT2D eigenvalue weighted by atomic mass is 16.4. The van der Waals surface area contributed by atoms with E-state index in [0.29, 0.717) is 5.92 Å². The topological polar surface area (TPSA) is 61.1 Å². The van der Waals surface area contributed by atoms with Gasteiger partial charge >= 0.3 is 5.97 Å². The van der Waals surface area contributed by atoms with Crippen molar-refractivity contribution < 1.29 is 9.90 Å². The van der Waals surface area contributed by atoms with Crippen LogP contribution in [0.2, 0.25) is 0 Å². The molecule has 0 aliphatic heterocycles. The molecule has 0 aromatic rings. The van der Waals surface area contributed by atoms with Crippen molar-refractivity contribution in [3.8, 4) is 6.07 Å². The standard InChI is InChI=1S/C12H17NO2/c1-9(7-11(8-13)12(14)15)10-5-3-2-4-6-10/h7,9-10H,2-6H2,1H3,(H,14,15)/b11-7+. The molecule has 1 rings (SSSR count). The van der Waals surface area contributed by atoms with Crippen molar-refractivity contribution >= 4 is 5.97 Å². The number of hydrogen-bond acceptors (Lipinski definition) is 2. The monoisotopic (exact) mass is 207 g/mol. The zero-order chi connectivity index (χ0) is 11.3. The molecule has 15 heavy (non-hydrogen) atoms. The van der Waals surface area contributed by atoms with Gasteiger partial charge in [-0.2, -0.15) is 5.26 Å². The Hall–Kier alpha value is -1.30. The third-order valence-corrected chi connectivity index (χ3v) is 3.17. The van der Waals surface area contributed by atoms with Crippen LogP contribution in [0.3, 0.4) is 0 Å². The number of aliphatic carboxylic acids is 1.